The number of hydrogen-bond acceptors (Lipinski definition) is 3. The highest BCUT2D eigenvalue weighted by atomic mass is 28.4. The molecule has 0 aliphatic heterocycles. The van der Waals surface area contributed by atoms with Crippen LogP contribution in [-0.4, -0.2) is 24.0 Å². The number of ketones is 1. The van der Waals surface area contributed by atoms with Crippen LogP contribution in [0.3, 0.4) is 0 Å². The molecule has 33 heavy (non-hydrogen) atoms. The van der Waals surface area contributed by atoms with Gasteiger partial charge in [0.2, 0.25) is 0 Å². The molecule has 0 bridgehead atoms. The van der Waals surface area contributed by atoms with Crippen molar-refractivity contribution in [3.8, 4) is 5.75 Å². The molecule has 2 N–H and O–H groups in total. The second kappa shape index (κ2) is 11.4. The van der Waals surface area contributed by atoms with Gasteiger partial charge in [0.1, 0.15) is 5.75 Å². The van der Waals surface area contributed by atoms with Gasteiger partial charge in [-0.05, 0) is 86.2 Å². The molecule has 0 unspecified atom stereocenters. The summed E-state index contributed by atoms with van der Waals surface area (Å²) in [7, 11) is -2.46. The summed E-state index contributed by atoms with van der Waals surface area (Å²) >= 11 is 0. The first-order valence-corrected chi connectivity index (χ1v) is 16.0. The molecule has 4 heteroatoms. The summed E-state index contributed by atoms with van der Waals surface area (Å²) in [6, 6.07) is 3.77. The predicted molar refractivity (Wildman–Crippen MR) is 143 cm³/mol. The molecule has 0 saturated heterocycles. The van der Waals surface area contributed by atoms with Gasteiger partial charge in [-0.3, -0.25) is 4.79 Å². The Morgan fingerprint density at radius 3 is 2.42 bits per heavy atom. The fraction of sp³-hybridized carbons (Fsp3) is 0.690. The minimum atomic E-state index is -2.46. The largest absolute Gasteiger partial charge is 0.508 e. The van der Waals surface area contributed by atoms with Gasteiger partial charge in [0, 0.05) is 17.5 Å². The van der Waals surface area contributed by atoms with E-state index in [2.05, 4.69) is 47.6 Å². The summed E-state index contributed by atoms with van der Waals surface area (Å²) < 4.78 is 0. The molecular formula is C29H48O3Si. The standard InChI is InChI=1S/C29H48O3Si/c1-9-10-11-12-13-26(30)22-17-23(19-29(5,6)33(7,8)32)28(27(31)18-22)25-16-21(4)14-15-24(25)20(2)3/h14,17-18,20,24-25,31-32H,9-13,15-16,19H2,1-8H3/t24-,25+/m0/s1. The summed E-state index contributed by atoms with van der Waals surface area (Å²) in [5, 5.41) is 11.1. The normalized spacial score (nSPS) is 19.6. The molecule has 1 aromatic carbocycles. The number of benzene rings is 1. The van der Waals surface area contributed by atoms with Crippen LogP contribution < -0.4 is 0 Å². The first-order chi connectivity index (χ1) is 15.3. The average molecular weight is 473 g/mol. The lowest BCUT2D eigenvalue weighted by molar-refractivity contribution is 0.0978. The van der Waals surface area contributed by atoms with Crippen LogP contribution in [0.2, 0.25) is 18.1 Å². The first kappa shape index (κ1) is 27.8. The van der Waals surface area contributed by atoms with Crippen molar-refractivity contribution in [2.45, 2.75) is 117 Å². The van der Waals surface area contributed by atoms with E-state index in [4.69, 9.17) is 0 Å². The predicted octanol–water partition coefficient (Wildman–Crippen LogP) is 8.16. The minimum Gasteiger partial charge on any atom is -0.508 e. The smallest absolute Gasteiger partial charge is 0.188 e. The number of phenols is 1. The van der Waals surface area contributed by atoms with Crippen molar-refractivity contribution in [2.75, 3.05) is 0 Å². The van der Waals surface area contributed by atoms with Crippen LogP contribution in [0.25, 0.3) is 0 Å². The van der Waals surface area contributed by atoms with E-state index in [0.29, 0.717) is 30.2 Å². The van der Waals surface area contributed by atoms with Gasteiger partial charge in [-0.15, -0.1) is 0 Å². The van der Waals surface area contributed by atoms with Gasteiger partial charge in [0.25, 0.3) is 0 Å². The number of unbranched alkanes of at least 4 members (excludes halogenated alkanes) is 3. The van der Waals surface area contributed by atoms with E-state index < -0.39 is 8.32 Å². The van der Waals surface area contributed by atoms with Crippen molar-refractivity contribution in [1.82, 2.24) is 0 Å². The van der Waals surface area contributed by atoms with Gasteiger partial charge < -0.3 is 9.90 Å². The zero-order chi connectivity index (χ0) is 25.0. The highest BCUT2D eigenvalue weighted by Gasteiger charge is 2.40. The molecule has 0 amide bonds. The fourth-order valence-corrected chi connectivity index (χ4v) is 5.74. The van der Waals surface area contributed by atoms with E-state index >= 15 is 0 Å². The van der Waals surface area contributed by atoms with Crippen molar-refractivity contribution in [2.24, 2.45) is 11.8 Å². The monoisotopic (exact) mass is 472 g/mol. The number of aromatic hydroxyl groups is 1. The molecule has 0 saturated carbocycles. The number of carbonyl (C=O) groups excluding carboxylic acids is 1. The number of hydrogen-bond donors (Lipinski definition) is 2. The van der Waals surface area contributed by atoms with Gasteiger partial charge in [0.05, 0.1) is 0 Å². The highest BCUT2D eigenvalue weighted by molar-refractivity contribution is 6.72. The molecule has 2 rings (SSSR count). The van der Waals surface area contributed by atoms with Gasteiger partial charge in [-0.25, -0.2) is 0 Å². The third-order valence-electron chi connectivity index (χ3n) is 8.14. The third kappa shape index (κ3) is 7.05. The maximum atomic E-state index is 13.0. The number of phenolic OH excluding ortho intramolecular Hbond substituents is 1. The Labute approximate surface area is 203 Å². The Balaban J connectivity index is 2.54. The van der Waals surface area contributed by atoms with Gasteiger partial charge in [-0.2, -0.15) is 0 Å². The maximum absolute atomic E-state index is 13.0. The lowest BCUT2D eigenvalue weighted by Gasteiger charge is -2.39. The van der Waals surface area contributed by atoms with Crippen LogP contribution in [0.5, 0.6) is 5.75 Å². The highest BCUT2D eigenvalue weighted by Crippen LogP contribution is 2.48. The third-order valence-corrected chi connectivity index (χ3v) is 11.6. The maximum Gasteiger partial charge on any atom is 0.188 e. The van der Waals surface area contributed by atoms with Gasteiger partial charge in [0.15, 0.2) is 14.1 Å². The number of allylic oxidation sites excluding steroid dienone is 2. The van der Waals surface area contributed by atoms with E-state index in [1.54, 1.807) is 6.07 Å². The van der Waals surface area contributed by atoms with E-state index in [9.17, 15) is 14.7 Å². The lowest BCUT2D eigenvalue weighted by atomic mass is 9.69. The van der Waals surface area contributed by atoms with Crippen molar-refractivity contribution in [1.29, 1.82) is 0 Å². The molecule has 0 radical (unpaired) electrons. The quantitative estimate of drug-likeness (QED) is 0.148. The average Bonchev–Trinajstić information content (AvgIpc) is 2.69. The van der Waals surface area contributed by atoms with Crippen LogP contribution >= 0.6 is 0 Å². The molecule has 0 spiro atoms. The van der Waals surface area contributed by atoms with Crippen LogP contribution in [0.1, 0.15) is 114 Å². The molecule has 0 fully saturated rings. The Kier molecular flexibility index (Phi) is 9.58. The first-order valence-electron chi connectivity index (χ1n) is 13.1. The van der Waals surface area contributed by atoms with E-state index in [0.717, 1.165) is 49.7 Å². The minimum absolute atomic E-state index is 0.118. The summed E-state index contributed by atoms with van der Waals surface area (Å²) in [6.45, 7) is 17.1. The number of Topliss-reactive ketones (excluding diaryl/α,β-unsaturated/α-hetero) is 1. The van der Waals surface area contributed by atoms with Crippen molar-refractivity contribution in [3.63, 3.8) is 0 Å². The molecule has 0 heterocycles. The van der Waals surface area contributed by atoms with Crippen LogP contribution in [0.4, 0.5) is 0 Å². The van der Waals surface area contributed by atoms with Crippen molar-refractivity contribution in [3.05, 3.63) is 40.5 Å². The molecule has 0 aromatic heterocycles. The Hall–Kier alpha value is -1.39. The second-order valence-corrected chi connectivity index (χ2v) is 16.4. The SMILES string of the molecule is CCCCCCC(=O)c1cc(O)c([C@@H]2CC(C)=CC[C@H]2C(C)C)c(CC(C)(C)[Si](C)(C)O)c1. The van der Waals surface area contributed by atoms with Crippen molar-refractivity contribution < 1.29 is 14.7 Å². The van der Waals surface area contributed by atoms with Crippen LogP contribution in [0.15, 0.2) is 23.8 Å². The van der Waals surface area contributed by atoms with Gasteiger partial charge >= 0.3 is 0 Å². The Morgan fingerprint density at radius 2 is 1.85 bits per heavy atom. The number of carbonyl (C=O) groups is 1. The lowest BCUT2D eigenvalue weighted by Crippen LogP contribution is -2.40. The van der Waals surface area contributed by atoms with E-state index in [-0.39, 0.29) is 22.5 Å². The van der Waals surface area contributed by atoms with Crippen LogP contribution in [-0.2, 0) is 6.42 Å². The topological polar surface area (TPSA) is 57.5 Å². The summed E-state index contributed by atoms with van der Waals surface area (Å²) in [5.74, 6) is 1.58. The van der Waals surface area contributed by atoms with Gasteiger partial charge in [-0.1, -0.05) is 65.5 Å². The molecule has 1 aromatic rings. The molecule has 3 nitrogen and oxygen atoms in total. The van der Waals surface area contributed by atoms with E-state index in [1.807, 2.05) is 19.2 Å². The zero-order valence-electron chi connectivity index (χ0n) is 22.4. The second-order valence-electron chi connectivity index (χ2n) is 11.9. The van der Waals surface area contributed by atoms with Crippen molar-refractivity contribution >= 4 is 14.1 Å². The molecule has 1 aliphatic rings. The Morgan fingerprint density at radius 1 is 1.18 bits per heavy atom. The molecule has 186 valence electrons. The Bertz CT molecular complexity index is 845. The summed E-state index contributed by atoms with van der Waals surface area (Å²) in [4.78, 5) is 24.0. The number of rotatable bonds is 11. The zero-order valence-corrected chi connectivity index (χ0v) is 23.4. The summed E-state index contributed by atoms with van der Waals surface area (Å²) in [5.41, 5.74) is 4.06. The summed E-state index contributed by atoms with van der Waals surface area (Å²) in [6.07, 6.45) is 9.78. The van der Waals surface area contributed by atoms with E-state index in [1.165, 1.54) is 5.57 Å². The molecule has 2 atom stereocenters. The fourth-order valence-electron chi connectivity index (χ4n) is 5.12. The molecular weight excluding hydrogens is 424 g/mol. The molecule has 1 aliphatic carbocycles. The van der Waals surface area contributed by atoms with Crippen LogP contribution in [0, 0.1) is 11.8 Å².